The summed E-state index contributed by atoms with van der Waals surface area (Å²) in [5, 5.41) is 7.39. The largest absolute Gasteiger partial charge is 0.355 e. The Bertz CT molecular complexity index is 926. The zero-order valence-corrected chi connectivity index (χ0v) is 15.1. The molecule has 2 aromatic heterocycles. The van der Waals surface area contributed by atoms with Crippen molar-refractivity contribution < 1.29 is 4.79 Å². The molecule has 132 valence electrons. The van der Waals surface area contributed by atoms with Crippen LogP contribution in [0.2, 0.25) is 0 Å². The van der Waals surface area contributed by atoms with Crippen LogP contribution >= 0.6 is 0 Å². The van der Waals surface area contributed by atoms with E-state index in [0.717, 1.165) is 41.3 Å². The molecule has 1 atom stereocenters. The number of carbonyl (C=O) groups is 1. The van der Waals surface area contributed by atoms with Crippen LogP contribution in [0.4, 0.5) is 0 Å². The maximum Gasteiger partial charge on any atom is 0.220 e. The fraction of sp³-hybridized carbons (Fsp3) is 0.286. The van der Waals surface area contributed by atoms with Gasteiger partial charge in [0.2, 0.25) is 5.91 Å². The fourth-order valence-corrected chi connectivity index (χ4v) is 3.46. The van der Waals surface area contributed by atoms with Gasteiger partial charge in [0.15, 0.2) is 0 Å². The first-order valence-electron chi connectivity index (χ1n) is 8.91. The third-order valence-corrected chi connectivity index (χ3v) is 4.92. The number of aromatic nitrogens is 3. The average Bonchev–Trinajstić information content (AvgIpc) is 3.21. The Kier molecular flexibility index (Phi) is 4.29. The molecule has 0 bridgehead atoms. The van der Waals surface area contributed by atoms with Gasteiger partial charge in [-0.25, -0.2) is 0 Å². The molecule has 0 aliphatic carbocycles. The molecule has 5 heteroatoms. The van der Waals surface area contributed by atoms with Crippen LogP contribution in [0.1, 0.15) is 34.9 Å². The van der Waals surface area contributed by atoms with Gasteiger partial charge in [0.25, 0.3) is 0 Å². The minimum atomic E-state index is 0.138. The Morgan fingerprint density at radius 3 is 2.54 bits per heavy atom. The monoisotopic (exact) mass is 346 g/mol. The summed E-state index contributed by atoms with van der Waals surface area (Å²) in [5.41, 5.74) is 6.56. The number of nitrogens with zero attached hydrogens (tertiary/aromatic N) is 3. The average molecular weight is 346 g/mol. The molecule has 3 aromatic rings. The number of hydrogen-bond acceptors (Lipinski definition) is 3. The third kappa shape index (κ3) is 3.38. The molecule has 1 aliphatic heterocycles. The highest BCUT2D eigenvalue weighted by Crippen LogP contribution is 2.26. The van der Waals surface area contributed by atoms with E-state index >= 15 is 0 Å². The standard InChI is InChI=1S/C21H22N4O/c1-14-9-15(2)25(24-14)13-16-3-8-20(22-11-16)18-6-4-17(5-7-18)19-10-21(26)23-12-19/h3-9,11,19H,10,12-13H2,1-2H3,(H,23,26). The molecule has 0 saturated carbocycles. The predicted molar refractivity (Wildman–Crippen MR) is 101 cm³/mol. The topological polar surface area (TPSA) is 59.8 Å². The van der Waals surface area contributed by atoms with Crippen molar-refractivity contribution in [3.8, 4) is 11.3 Å². The zero-order valence-electron chi connectivity index (χ0n) is 15.1. The van der Waals surface area contributed by atoms with Gasteiger partial charge >= 0.3 is 0 Å². The second kappa shape index (κ2) is 6.75. The molecule has 3 heterocycles. The van der Waals surface area contributed by atoms with Crippen LogP contribution in [0.25, 0.3) is 11.3 Å². The smallest absolute Gasteiger partial charge is 0.220 e. The van der Waals surface area contributed by atoms with Crippen LogP contribution in [-0.4, -0.2) is 27.2 Å². The normalized spacial score (nSPS) is 16.7. The first-order valence-corrected chi connectivity index (χ1v) is 8.91. The molecule has 0 radical (unpaired) electrons. The van der Waals surface area contributed by atoms with Crippen molar-refractivity contribution in [2.45, 2.75) is 32.7 Å². The Hall–Kier alpha value is -2.95. The maximum atomic E-state index is 11.4. The van der Waals surface area contributed by atoms with Gasteiger partial charge in [0.05, 0.1) is 17.9 Å². The number of amides is 1. The van der Waals surface area contributed by atoms with Crippen molar-refractivity contribution in [3.05, 3.63) is 71.2 Å². The lowest BCUT2D eigenvalue weighted by molar-refractivity contribution is -0.119. The Morgan fingerprint density at radius 1 is 1.15 bits per heavy atom. The van der Waals surface area contributed by atoms with Gasteiger partial charge in [-0.05, 0) is 37.1 Å². The molecule has 1 fully saturated rings. The minimum absolute atomic E-state index is 0.138. The Morgan fingerprint density at radius 2 is 1.96 bits per heavy atom. The lowest BCUT2D eigenvalue weighted by Crippen LogP contribution is -2.13. The van der Waals surface area contributed by atoms with Crippen molar-refractivity contribution in [2.75, 3.05) is 6.54 Å². The summed E-state index contributed by atoms with van der Waals surface area (Å²) in [4.78, 5) is 16.0. The van der Waals surface area contributed by atoms with Crippen molar-refractivity contribution >= 4 is 5.91 Å². The minimum Gasteiger partial charge on any atom is -0.355 e. The zero-order chi connectivity index (χ0) is 18.1. The second-order valence-corrected chi connectivity index (χ2v) is 6.96. The number of carbonyl (C=O) groups excluding carboxylic acids is 1. The first kappa shape index (κ1) is 16.5. The summed E-state index contributed by atoms with van der Waals surface area (Å²) < 4.78 is 2.00. The highest BCUT2D eigenvalue weighted by Gasteiger charge is 2.22. The molecule has 1 saturated heterocycles. The quantitative estimate of drug-likeness (QED) is 0.789. The number of rotatable bonds is 4. The molecular weight excluding hydrogens is 324 g/mol. The number of hydrogen-bond donors (Lipinski definition) is 1. The van der Waals surface area contributed by atoms with Gasteiger partial charge < -0.3 is 5.32 Å². The Balaban J connectivity index is 1.48. The highest BCUT2D eigenvalue weighted by atomic mass is 16.1. The first-order chi connectivity index (χ1) is 12.6. The molecule has 26 heavy (non-hydrogen) atoms. The van der Waals surface area contributed by atoms with E-state index in [1.807, 2.05) is 17.8 Å². The number of aryl methyl sites for hydroxylation is 2. The third-order valence-electron chi connectivity index (χ3n) is 4.92. The van der Waals surface area contributed by atoms with Gasteiger partial charge in [0, 0.05) is 36.3 Å². The highest BCUT2D eigenvalue weighted by molar-refractivity contribution is 5.79. The van der Waals surface area contributed by atoms with Crippen LogP contribution in [0.5, 0.6) is 0 Å². The van der Waals surface area contributed by atoms with Crippen LogP contribution in [0.15, 0.2) is 48.7 Å². The van der Waals surface area contributed by atoms with Crippen LogP contribution in [-0.2, 0) is 11.3 Å². The fourth-order valence-electron chi connectivity index (χ4n) is 3.46. The van der Waals surface area contributed by atoms with E-state index in [-0.39, 0.29) is 11.8 Å². The van der Waals surface area contributed by atoms with E-state index in [9.17, 15) is 4.79 Å². The molecule has 1 unspecified atom stereocenters. The van der Waals surface area contributed by atoms with Gasteiger partial charge in [-0.3, -0.25) is 14.5 Å². The maximum absolute atomic E-state index is 11.4. The van der Waals surface area contributed by atoms with Crippen LogP contribution in [0, 0.1) is 13.8 Å². The van der Waals surface area contributed by atoms with E-state index in [0.29, 0.717) is 6.42 Å². The molecule has 1 amide bonds. The van der Waals surface area contributed by atoms with Crippen molar-refractivity contribution in [1.29, 1.82) is 0 Å². The van der Waals surface area contributed by atoms with Crippen molar-refractivity contribution in [3.63, 3.8) is 0 Å². The molecule has 5 nitrogen and oxygen atoms in total. The lowest BCUT2D eigenvalue weighted by atomic mass is 9.96. The molecule has 4 rings (SSSR count). The van der Waals surface area contributed by atoms with E-state index in [1.165, 1.54) is 5.56 Å². The number of pyridine rings is 1. The predicted octanol–water partition coefficient (Wildman–Crippen LogP) is 3.21. The summed E-state index contributed by atoms with van der Waals surface area (Å²) in [6.45, 7) is 5.54. The summed E-state index contributed by atoms with van der Waals surface area (Å²) >= 11 is 0. The summed E-state index contributed by atoms with van der Waals surface area (Å²) in [6.07, 6.45) is 2.50. The molecule has 1 N–H and O–H groups in total. The second-order valence-electron chi connectivity index (χ2n) is 6.96. The van der Waals surface area contributed by atoms with Gasteiger partial charge in [-0.1, -0.05) is 30.3 Å². The Labute approximate surface area is 153 Å². The molecule has 1 aliphatic rings. The summed E-state index contributed by atoms with van der Waals surface area (Å²) in [6, 6.07) is 14.6. The van der Waals surface area contributed by atoms with Crippen molar-refractivity contribution in [1.82, 2.24) is 20.1 Å². The van der Waals surface area contributed by atoms with Crippen LogP contribution < -0.4 is 5.32 Å². The van der Waals surface area contributed by atoms with Gasteiger partial charge in [-0.2, -0.15) is 5.10 Å². The van der Waals surface area contributed by atoms with Gasteiger partial charge in [-0.15, -0.1) is 0 Å². The van der Waals surface area contributed by atoms with E-state index in [2.05, 4.69) is 64.8 Å². The van der Waals surface area contributed by atoms with Crippen LogP contribution in [0.3, 0.4) is 0 Å². The lowest BCUT2D eigenvalue weighted by Gasteiger charge is -2.09. The molecule has 0 spiro atoms. The van der Waals surface area contributed by atoms with E-state index in [1.54, 1.807) is 0 Å². The molecular formula is C21H22N4O. The van der Waals surface area contributed by atoms with Gasteiger partial charge in [0.1, 0.15) is 0 Å². The van der Waals surface area contributed by atoms with Crippen molar-refractivity contribution in [2.24, 2.45) is 0 Å². The SMILES string of the molecule is Cc1cc(C)n(Cc2ccc(-c3ccc(C4CNC(=O)C4)cc3)nc2)n1. The van der Waals surface area contributed by atoms with E-state index < -0.39 is 0 Å². The number of benzene rings is 1. The summed E-state index contributed by atoms with van der Waals surface area (Å²) in [5.74, 6) is 0.423. The number of nitrogens with one attached hydrogen (secondary N) is 1. The van der Waals surface area contributed by atoms with E-state index in [4.69, 9.17) is 0 Å². The molecule has 1 aromatic carbocycles. The summed E-state index contributed by atoms with van der Waals surface area (Å²) in [7, 11) is 0.